The first-order valence-corrected chi connectivity index (χ1v) is 6.15. The summed E-state index contributed by atoms with van der Waals surface area (Å²) in [7, 11) is 1.17. The second kappa shape index (κ2) is 7.13. The average Bonchev–Trinajstić information content (AvgIpc) is 2.28. The van der Waals surface area contributed by atoms with Crippen LogP contribution >= 0.6 is 0 Å². The van der Waals surface area contributed by atoms with Crippen molar-refractivity contribution in [3.05, 3.63) is 0 Å². The highest BCUT2D eigenvalue weighted by Gasteiger charge is 2.40. The fourth-order valence-corrected chi connectivity index (χ4v) is 1.37. The Morgan fingerprint density at radius 3 is 2.17 bits per heavy atom. The van der Waals surface area contributed by atoms with E-state index in [1.807, 2.05) is 6.92 Å². The summed E-state index contributed by atoms with van der Waals surface area (Å²) < 4.78 is 4.54. The molecule has 1 N–H and O–H groups in total. The third-order valence-corrected chi connectivity index (χ3v) is 2.53. The summed E-state index contributed by atoms with van der Waals surface area (Å²) >= 11 is 0. The quantitative estimate of drug-likeness (QED) is 0.442. The van der Waals surface area contributed by atoms with E-state index in [1.54, 1.807) is 20.8 Å². The summed E-state index contributed by atoms with van der Waals surface area (Å²) in [6.07, 6.45) is 1.74. The number of ether oxygens (including phenoxy) is 1. The summed E-state index contributed by atoms with van der Waals surface area (Å²) in [5.41, 5.74) is -0.763. The molecule has 5 heteroatoms. The molecule has 0 aromatic rings. The fourth-order valence-electron chi connectivity index (χ4n) is 1.37. The first-order chi connectivity index (χ1) is 8.25. The normalized spacial score (nSPS) is 12.7. The Bertz CT molecular complexity index is 317. The summed E-state index contributed by atoms with van der Waals surface area (Å²) in [5.74, 6) is -3.17. The lowest BCUT2D eigenvalue weighted by molar-refractivity contribution is -0.156. The van der Waals surface area contributed by atoms with Gasteiger partial charge < -0.3 is 10.1 Å². The second-order valence-corrected chi connectivity index (χ2v) is 5.22. The number of rotatable bonds is 6. The topological polar surface area (TPSA) is 72.5 Å². The van der Waals surface area contributed by atoms with Crippen molar-refractivity contribution < 1.29 is 19.1 Å². The van der Waals surface area contributed by atoms with Crippen molar-refractivity contribution >= 4 is 17.7 Å². The smallest absolute Gasteiger partial charge is 0.325 e. The molecule has 5 nitrogen and oxygen atoms in total. The molecule has 0 aliphatic rings. The van der Waals surface area contributed by atoms with E-state index in [0.717, 1.165) is 12.8 Å². The highest BCUT2D eigenvalue weighted by molar-refractivity contribution is 6.17. The highest BCUT2D eigenvalue weighted by Crippen LogP contribution is 2.21. The van der Waals surface area contributed by atoms with Crippen molar-refractivity contribution in [3.8, 4) is 0 Å². The summed E-state index contributed by atoms with van der Waals surface area (Å²) in [6.45, 7) is 7.46. The molecule has 104 valence electrons. The van der Waals surface area contributed by atoms with Gasteiger partial charge in [0, 0.05) is 12.0 Å². The van der Waals surface area contributed by atoms with Crippen molar-refractivity contribution in [2.24, 2.45) is 11.3 Å². The van der Waals surface area contributed by atoms with Crippen LogP contribution in [0.15, 0.2) is 0 Å². The van der Waals surface area contributed by atoms with E-state index in [1.165, 1.54) is 7.11 Å². The molecule has 1 amide bonds. The Balaban J connectivity index is 4.85. The zero-order chi connectivity index (χ0) is 14.3. The zero-order valence-electron chi connectivity index (χ0n) is 11.8. The number of hydrogen-bond donors (Lipinski definition) is 1. The molecule has 0 aliphatic heterocycles. The van der Waals surface area contributed by atoms with E-state index in [9.17, 15) is 14.4 Å². The maximum Gasteiger partial charge on any atom is 0.325 e. The van der Waals surface area contributed by atoms with Crippen LogP contribution in [0.2, 0.25) is 0 Å². The molecule has 0 aliphatic carbocycles. The lowest BCUT2D eigenvalue weighted by atomic mass is 9.82. The molecule has 0 rings (SSSR count). The number of carbonyl (C=O) groups is 3. The van der Waals surface area contributed by atoms with Crippen LogP contribution in [0, 0.1) is 11.3 Å². The lowest BCUT2D eigenvalue weighted by Gasteiger charge is -2.22. The van der Waals surface area contributed by atoms with Crippen molar-refractivity contribution in [1.29, 1.82) is 0 Å². The Kier molecular flexibility index (Phi) is 6.58. The van der Waals surface area contributed by atoms with E-state index in [2.05, 4.69) is 10.1 Å². The van der Waals surface area contributed by atoms with Gasteiger partial charge in [-0.15, -0.1) is 0 Å². The fraction of sp³-hybridized carbons (Fsp3) is 0.769. The van der Waals surface area contributed by atoms with Crippen LogP contribution in [0.25, 0.3) is 0 Å². The summed E-state index contributed by atoms with van der Waals surface area (Å²) in [4.78, 5) is 35.5. The molecule has 0 saturated heterocycles. The molecule has 1 atom stereocenters. The standard InChI is InChI=1S/C13H23NO4/c1-6-7-8-14-11(16)9(12(17)18-5)10(15)13(2,3)4/h9H,6-8H2,1-5H3,(H,14,16). The maximum absolute atomic E-state index is 12.1. The van der Waals surface area contributed by atoms with E-state index < -0.39 is 29.0 Å². The van der Waals surface area contributed by atoms with Crippen LogP contribution in [-0.2, 0) is 19.1 Å². The van der Waals surface area contributed by atoms with Crippen molar-refractivity contribution in [2.75, 3.05) is 13.7 Å². The van der Waals surface area contributed by atoms with Gasteiger partial charge in [0.15, 0.2) is 11.7 Å². The molecule has 0 fully saturated rings. The van der Waals surface area contributed by atoms with Gasteiger partial charge in [-0.1, -0.05) is 34.1 Å². The number of nitrogens with one attached hydrogen (secondary N) is 1. The zero-order valence-corrected chi connectivity index (χ0v) is 11.8. The molecular weight excluding hydrogens is 234 g/mol. The molecule has 0 aromatic carbocycles. The first-order valence-electron chi connectivity index (χ1n) is 6.15. The van der Waals surface area contributed by atoms with E-state index in [4.69, 9.17) is 0 Å². The molecule has 1 unspecified atom stereocenters. The molecule has 0 aromatic heterocycles. The maximum atomic E-state index is 12.1. The molecule has 0 spiro atoms. The van der Waals surface area contributed by atoms with Gasteiger partial charge in [0.25, 0.3) is 0 Å². The molecular formula is C13H23NO4. The number of carbonyl (C=O) groups excluding carboxylic acids is 3. The molecule has 0 radical (unpaired) electrons. The number of unbranched alkanes of at least 4 members (excludes halogenated alkanes) is 1. The van der Waals surface area contributed by atoms with Gasteiger partial charge in [0.1, 0.15) is 0 Å². The lowest BCUT2D eigenvalue weighted by Crippen LogP contribution is -2.45. The predicted octanol–water partition coefficient (Wildman–Crippen LogP) is 1.31. The Hall–Kier alpha value is -1.39. The van der Waals surface area contributed by atoms with Crippen LogP contribution in [0.4, 0.5) is 0 Å². The van der Waals surface area contributed by atoms with Crippen molar-refractivity contribution in [1.82, 2.24) is 5.32 Å². The first kappa shape index (κ1) is 16.6. The Labute approximate surface area is 108 Å². The van der Waals surface area contributed by atoms with Crippen molar-refractivity contribution in [3.63, 3.8) is 0 Å². The van der Waals surface area contributed by atoms with Gasteiger partial charge in [-0.3, -0.25) is 14.4 Å². The van der Waals surface area contributed by atoms with Crippen LogP contribution < -0.4 is 5.32 Å². The largest absolute Gasteiger partial charge is 0.468 e. The monoisotopic (exact) mass is 257 g/mol. The minimum absolute atomic E-state index is 0.427. The molecule has 0 heterocycles. The van der Waals surface area contributed by atoms with Gasteiger partial charge in [0.05, 0.1) is 7.11 Å². The minimum atomic E-state index is -1.37. The van der Waals surface area contributed by atoms with Gasteiger partial charge in [0.2, 0.25) is 5.91 Å². The number of Topliss-reactive ketones (excluding diaryl/α,β-unsaturated/α-hetero) is 1. The van der Waals surface area contributed by atoms with Crippen LogP contribution in [0.5, 0.6) is 0 Å². The van der Waals surface area contributed by atoms with Crippen LogP contribution in [-0.4, -0.2) is 31.3 Å². The van der Waals surface area contributed by atoms with Crippen LogP contribution in [0.3, 0.4) is 0 Å². The number of methoxy groups -OCH3 is 1. The number of esters is 1. The van der Waals surface area contributed by atoms with E-state index >= 15 is 0 Å². The van der Waals surface area contributed by atoms with Gasteiger partial charge in [-0.25, -0.2) is 0 Å². The third kappa shape index (κ3) is 4.85. The van der Waals surface area contributed by atoms with Crippen LogP contribution in [0.1, 0.15) is 40.5 Å². The Morgan fingerprint density at radius 1 is 1.22 bits per heavy atom. The van der Waals surface area contributed by atoms with Crippen molar-refractivity contribution in [2.45, 2.75) is 40.5 Å². The van der Waals surface area contributed by atoms with E-state index in [0.29, 0.717) is 6.54 Å². The number of amides is 1. The molecule has 18 heavy (non-hydrogen) atoms. The second-order valence-electron chi connectivity index (χ2n) is 5.22. The van der Waals surface area contributed by atoms with Gasteiger partial charge in [-0.2, -0.15) is 0 Å². The highest BCUT2D eigenvalue weighted by atomic mass is 16.5. The predicted molar refractivity (Wildman–Crippen MR) is 67.9 cm³/mol. The minimum Gasteiger partial charge on any atom is -0.468 e. The number of hydrogen-bond acceptors (Lipinski definition) is 4. The molecule has 0 saturated carbocycles. The van der Waals surface area contributed by atoms with Gasteiger partial charge >= 0.3 is 5.97 Å². The van der Waals surface area contributed by atoms with E-state index in [-0.39, 0.29) is 0 Å². The number of ketones is 1. The summed E-state index contributed by atoms with van der Waals surface area (Å²) in [5, 5.41) is 2.59. The average molecular weight is 257 g/mol. The molecule has 0 bridgehead atoms. The third-order valence-electron chi connectivity index (χ3n) is 2.53. The summed E-state index contributed by atoms with van der Waals surface area (Å²) in [6, 6.07) is 0. The SMILES string of the molecule is CCCCNC(=O)C(C(=O)OC)C(=O)C(C)(C)C. The Morgan fingerprint density at radius 2 is 1.78 bits per heavy atom. The van der Waals surface area contributed by atoms with Gasteiger partial charge in [-0.05, 0) is 6.42 Å².